The second-order valence-corrected chi connectivity index (χ2v) is 12.3. The van der Waals surface area contributed by atoms with Crippen molar-refractivity contribution in [3.05, 3.63) is 70.6 Å². The Kier molecular flexibility index (Phi) is 13.0. The van der Waals surface area contributed by atoms with Crippen LogP contribution in [0.4, 0.5) is 8.78 Å². The average molecular weight is 669 g/mol. The Labute approximate surface area is 280 Å². The van der Waals surface area contributed by atoms with Crippen LogP contribution < -0.4 is 20.7 Å². The number of piperazine rings is 1. The van der Waals surface area contributed by atoms with Gasteiger partial charge in [0.05, 0.1) is 7.11 Å². The van der Waals surface area contributed by atoms with Crippen LogP contribution >= 0.6 is 0 Å². The van der Waals surface area contributed by atoms with Gasteiger partial charge >= 0.3 is 5.92 Å². The normalized spacial score (nSPS) is 16.4. The van der Waals surface area contributed by atoms with Crippen LogP contribution in [0.2, 0.25) is 0 Å². The molecule has 13 heteroatoms. The Hall–Kier alpha value is -4.39. The number of ether oxygens (including phenoxy) is 1. The molecule has 48 heavy (non-hydrogen) atoms. The summed E-state index contributed by atoms with van der Waals surface area (Å²) in [5.74, 6) is -6.39. The van der Waals surface area contributed by atoms with Gasteiger partial charge in [0.25, 0.3) is 11.8 Å². The van der Waals surface area contributed by atoms with E-state index in [0.717, 1.165) is 62.2 Å². The van der Waals surface area contributed by atoms with Gasteiger partial charge in [0, 0.05) is 63.4 Å². The molecule has 0 spiro atoms. The van der Waals surface area contributed by atoms with E-state index in [0.29, 0.717) is 37.9 Å². The second kappa shape index (κ2) is 17.1. The zero-order chi connectivity index (χ0) is 34.7. The molecule has 1 aromatic heterocycles. The van der Waals surface area contributed by atoms with E-state index in [1.54, 1.807) is 24.0 Å². The van der Waals surface area contributed by atoms with Gasteiger partial charge in [0.2, 0.25) is 17.7 Å². The number of hydrogen-bond acceptors (Lipinski definition) is 7. The first kappa shape index (κ1) is 36.4. The molecule has 11 nitrogen and oxygen atoms in total. The number of allylic oxidation sites excluding steroid dienone is 1. The summed E-state index contributed by atoms with van der Waals surface area (Å²) in [6.45, 7) is 4.56. The molecule has 260 valence electrons. The zero-order valence-electron chi connectivity index (χ0n) is 28.0. The number of rotatable bonds is 12. The fourth-order valence-corrected chi connectivity index (χ4v) is 5.76. The van der Waals surface area contributed by atoms with E-state index in [1.165, 1.54) is 13.2 Å². The Morgan fingerprint density at radius 3 is 2.17 bits per heavy atom. The van der Waals surface area contributed by atoms with Crippen molar-refractivity contribution in [2.24, 2.45) is 0 Å². The highest BCUT2D eigenvalue weighted by atomic mass is 19.3. The number of carbonyl (C=O) groups excluding carboxylic acids is 4. The maximum absolute atomic E-state index is 15.2. The van der Waals surface area contributed by atoms with Crippen molar-refractivity contribution in [2.45, 2.75) is 76.8 Å². The Morgan fingerprint density at radius 1 is 0.938 bits per heavy atom. The predicted molar refractivity (Wildman–Crippen MR) is 176 cm³/mol. The van der Waals surface area contributed by atoms with E-state index in [2.05, 4.69) is 25.8 Å². The lowest BCUT2D eigenvalue weighted by Gasteiger charge is -2.34. The van der Waals surface area contributed by atoms with Gasteiger partial charge < -0.3 is 30.5 Å². The molecule has 2 heterocycles. The van der Waals surface area contributed by atoms with Crippen LogP contribution in [0.15, 0.2) is 53.9 Å². The third-order valence-electron chi connectivity index (χ3n) is 8.80. The number of carbonyl (C=O) groups is 4. The monoisotopic (exact) mass is 668 g/mol. The number of likely N-dealkylation sites (N-methyl/N-ethyl adjacent to an activating group) is 1. The highest BCUT2D eigenvalue weighted by Gasteiger charge is 2.42. The zero-order valence-corrected chi connectivity index (χ0v) is 28.0. The van der Waals surface area contributed by atoms with Crippen LogP contribution in [-0.4, -0.2) is 84.8 Å². The lowest BCUT2D eigenvalue weighted by atomic mass is 10.0. The van der Waals surface area contributed by atoms with Crippen LogP contribution in [0.25, 0.3) is 0 Å². The number of nitrogens with one attached hydrogen (secondary N) is 3. The molecule has 2 aromatic rings. The number of methoxy groups -OCH3 is 1. The number of nitrogens with zero attached hydrogens (tertiary/aromatic N) is 3. The van der Waals surface area contributed by atoms with Crippen LogP contribution in [0.5, 0.6) is 5.88 Å². The van der Waals surface area contributed by atoms with Crippen LogP contribution in [0.3, 0.4) is 0 Å². The molecule has 0 radical (unpaired) electrons. The molecule has 4 amide bonds. The number of pyridine rings is 1. The van der Waals surface area contributed by atoms with Gasteiger partial charge in [0.15, 0.2) is 0 Å². The fourth-order valence-electron chi connectivity index (χ4n) is 5.76. The smallest absolute Gasteiger partial charge is 0.351 e. The van der Waals surface area contributed by atoms with Crippen molar-refractivity contribution in [3.8, 4) is 5.88 Å². The van der Waals surface area contributed by atoms with E-state index in [4.69, 9.17) is 4.74 Å². The number of benzene rings is 1. The molecule has 4 rings (SSSR count). The first-order valence-electron chi connectivity index (χ1n) is 16.6. The first-order valence-corrected chi connectivity index (χ1v) is 16.6. The number of alkyl halides is 2. The van der Waals surface area contributed by atoms with E-state index >= 15 is 8.78 Å². The average Bonchev–Trinajstić information content (AvgIpc) is 3.39. The van der Waals surface area contributed by atoms with Crippen LogP contribution in [0.1, 0.15) is 68.6 Å². The lowest BCUT2D eigenvalue weighted by molar-refractivity contribution is -0.146. The molecule has 1 aliphatic heterocycles. The largest absolute Gasteiger partial charge is 0.481 e. The van der Waals surface area contributed by atoms with Crippen LogP contribution in [-0.2, 0) is 38.1 Å². The first-order chi connectivity index (χ1) is 23.0. The van der Waals surface area contributed by atoms with Gasteiger partial charge in [-0.15, -0.1) is 0 Å². The minimum Gasteiger partial charge on any atom is -0.481 e. The van der Waals surface area contributed by atoms with Gasteiger partial charge in [-0.3, -0.25) is 19.2 Å². The molecule has 2 fully saturated rings. The maximum Gasteiger partial charge on any atom is 0.351 e. The van der Waals surface area contributed by atoms with Gasteiger partial charge in [-0.1, -0.05) is 44.0 Å². The molecule has 0 unspecified atom stereocenters. The molecule has 3 N–H and O–H groups in total. The third kappa shape index (κ3) is 9.82. The summed E-state index contributed by atoms with van der Waals surface area (Å²) in [5, 5.41) is 7.90. The number of aromatic nitrogens is 1. The summed E-state index contributed by atoms with van der Waals surface area (Å²) >= 11 is 0. The third-order valence-corrected chi connectivity index (χ3v) is 8.80. The summed E-state index contributed by atoms with van der Waals surface area (Å²) in [6.07, 6.45) is 5.99. The Bertz CT molecular complexity index is 1450. The van der Waals surface area contributed by atoms with Crippen molar-refractivity contribution in [1.82, 2.24) is 30.7 Å². The van der Waals surface area contributed by atoms with E-state index in [9.17, 15) is 19.2 Å². The highest BCUT2D eigenvalue weighted by Crippen LogP contribution is 2.30. The van der Waals surface area contributed by atoms with E-state index in [1.807, 2.05) is 19.2 Å². The number of amides is 4. The molecule has 0 bridgehead atoms. The number of halogens is 2. The quantitative estimate of drug-likeness (QED) is 0.233. The predicted octanol–water partition coefficient (Wildman–Crippen LogP) is 3.43. The standard InChI is InChI=1S/C35H46F2N6O5/c1-4-29(44)40-28(33(46)43-19-17-42(2)18-20-43)21-24-11-13-25(14-12-24)22-39-32(45)31(26-9-7-5-6-8-10-26)41-34(47)35(36,37)27-15-16-30(48-3)38-23-27/h11-16,23,28H,4-10,17-22H2,1-3H3,(H,39,45)(H,40,44)(H,41,47)/t28-/m1/s1. The molecule has 2 aliphatic rings. The molecular formula is C35H46F2N6O5. The van der Waals surface area contributed by atoms with Gasteiger partial charge in [0.1, 0.15) is 11.7 Å². The van der Waals surface area contributed by atoms with Crippen molar-refractivity contribution < 1.29 is 32.7 Å². The minimum atomic E-state index is -3.94. The molecule has 1 aliphatic carbocycles. The summed E-state index contributed by atoms with van der Waals surface area (Å²) in [4.78, 5) is 59.7. The van der Waals surface area contributed by atoms with Gasteiger partial charge in [-0.25, -0.2) is 4.98 Å². The molecule has 1 saturated heterocycles. The van der Waals surface area contributed by atoms with E-state index in [-0.39, 0.29) is 36.4 Å². The summed E-state index contributed by atoms with van der Waals surface area (Å²) in [6, 6.07) is 8.88. The Balaban J connectivity index is 1.43. The Morgan fingerprint density at radius 2 is 1.58 bits per heavy atom. The number of hydrogen-bond donors (Lipinski definition) is 3. The SMILES string of the molecule is CCC(=O)N[C@H](Cc1ccc(CNC(=O)C(NC(=O)C(F)(F)c2ccc(OC)nc2)=C2CCCCCC2)cc1)C(=O)N1CCN(C)CC1. The van der Waals surface area contributed by atoms with Crippen LogP contribution in [0, 0.1) is 0 Å². The molecule has 1 atom stereocenters. The second-order valence-electron chi connectivity index (χ2n) is 12.3. The van der Waals surface area contributed by atoms with Crippen molar-refractivity contribution in [3.63, 3.8) is 0 Å². The van der Waals surface area contributed by atoms with Crippen molar-refractivity contribution >= 4 is 23.6 Å². The summed E-state index contributed by atoms with van der Waals surface area (Å²) in [7, 11) is 3.36. The van der Waals surface area contributed by atoms with Crippen molar-refractivity contribution in [1.29, 1.82) is 0 Å². The topological polar surface area (TPSA) is 133 Å². The van der Waals surface area contributed by atoms with Gasteiger partial charge in [-0.05, 0) is 55.5 Å². The molecular weight excluding hydrogens is 622 g/mol. The lowest BCUT2D eigenvalue weighted by Crippen LogP contribution is -2.54. The fraction of sp³-hybridized carbons (Fsp3) is 0.514. The highest BCUT2D eigenvalue weighted by molar-refractivity contribution is 5.99. The summed E-state index contributed by atoms with van der Waals surface area (Å²) in [5.41, 5.74) is 1.45. The molecule has 1 saturated carbocycles. The summed E-state index contributed by atoms with van der Waals surface area (Å²) < 4.78 is 35.3. The minimum absolute atomic E-state index is 0.0841. The molecule has 1 aromatic carbocycles. The van der Waals surface area contributed by atoms with Gasteiger partial charge in [-0.2, -0.15) is 8.78 Å². The van der Waals surface area contributed by atoms with Crippen molar-refractivity contribution in [2.75, 3.05) is 40.3 Å². The van der Waals surface area contributed by atoms with E-state index < -0.39 is 29.3 Å². The maximum atomic E-state index is 15.2.